The van der Waals surface area contributed by atoms with Crippen molar-refractivity contribution in [2.75, 3.05) is 7.11 Å². The van der Waals surface area contributed by atoms with Gasteiger partial charge >= 0.3 is 0 Å². The van der Waals surface area contributed by atoms with Gasteiger partial charge in [-0.05, 0) is 30.3 Å². The fourth-order valence-corrected chi connectivity index (χ4v) is 1.85. The number of aromatic amines is 1. The van der Waals surface area contributed by atoms with E-state index >= 15 is 0 Å². The first kappa shape index (κ1) is 12.4. The Morgan fingerprint density at radius 2 is 2.05 bits per heavy atom. The van der Waals surface area contributed by atoms with Crippen molar-refractivity contribution < 1.29 is 9.26 Å². The summed E-state index contributed by atoms with van der Waals surface area (Å²) in [5.41, 5.74) is 2.52. The van der Waals surface area contributed by atoms with E-state index < -0.39 is 0 Å². The molecule has 0 saturated heterocycles. The van der Waals surface area contributed by atoms with Crippen LogP contribution in [0.25, 0.3) is 22.8 Å². The van der Waals surface area contributed by atoms with E-state index in [1.54, 1.807) is 7.11 Å². The summed E-state index contributed by atoms with van der Waals surface area (Å²) < 4.78 is 10.3. The minimum atomic E-state index is 0.453. The molecule has 0 unspecified atom stereocenters. The molecule has 3 aromatic rings. The smallest absolute Gasteiger partial charge is 0.275 e. The molecule has 1 aromatic carbocycles. The third-order valence-electron chi connectivity index (χ3n) is 2.98. The second kappa shape index (κ2) is 5.16. The summed E-state index contributed by atoms with van der Waals surface area (Å²) in [5.74, 6) is 1.95. The Bertz CT molecular complexity index is 700. The third-order valence-corrected chi connectivity index (χ3v) is 2.98. The summed E-state index contributed by atoms with van der Waals surface area (Å²) in [6, 6.07) is 9.57. The molecule has 0 bridgehead atoms. The number of aromatic nitrogens is 4. The van der Waals surface area contributed by atoms with Crippen LogP contribution in [0.3, 0.4) is 0 Å². The molecular weight excluding hydrogens is 256 g/mol. The second-order valence-corrected chi connectivity index (χ2v) is 4.26. The highest BCUT2D eigenvalue weighted by Gasteiger charge is 2.12. The van der Waals surface area contributed by atoms with Crippen molar-refractivity contribution in [1.29, 1.82) is 0 Å². The van der Waals surface area contributed by atoms with E-state index in [1.165, 1.54) is 0 Å². The van der Waals surface area contributed by atoms with Crippen molar-refractivity contribution in [1.82, 2.24) is 20.3 Å². The van der Waals surface area contributed by atoms with E-state index in [2.05, 4.69) is 20.3 Å². The van der Waals surface area contributed by atoms with Crippen molar-refractivity contribution >= 4 is 0 Å². The summed E-state index contributed by atoms with van der Waals surface area (Å²) in [6.07, 6.45) is 0.739. The Kier molecular flexibility index (Phi) is 3.20. The number of methoxy groups -OCH3 is 1. The number of H-pyrrole nitrogens is 1. The highest BCUT2D eigenvalue weighted by molar-refractivity contribution is 5.64. The molecule has 0 atom stereocenters. The average molecular weight is 270 g/mol. The summed E-state index contributed by atoms with van der Waals surface area (Å²) in [4.78, 5) is 4.26. The zero-order chi connectivity index (χ0) is 13.9. The number of hydrogen-bond donors (Lipinski definition) is 1. The Hall–Kier alpha value is -2.63. The van der Waals surface area contributed by atoms with Gasteiger partial charge < -0.3 is 9.26 Å². The molecule has 0 aliphatic rings. The van der Waals surface area contributed by atoms with E-state index in [0.717, 1.165) is 23.4 Å². The van der Waals surface area contributed by atoms with Crippen LogP contribution >= 0.6 is 0 Å². The monoisotopic (exact) mass is 270 g/mol. The Balaban J connectivity index is 1.88. The molecular formula is C14H14N4O2. The molecule has 2 heterocycles. The van der Waals surface area contributed by atoms with Gasteiger partial charge in [0.25, 0.3) is 5.89 Å². The van der Waals surface area contributed by atoms with Gasteiger partial charge in [-0.3, -0.25) is 5.10 Å². The van der Waals surface area contributed by atoms with E-state index in [1.807, 2.05) is 37.3 Å². The van der Waals surface area contributed by atoms with Crippen molar-refractivity contribution in [2.24, 2.45) is 0 Å². The standard InChI is InChI=1S/C14H14N4O2/c1-3-13-15-14(20-18-13)12-8-11(16-17-12)9-4-6-10(19-2)7-5-9/h4-8H,3H2,1-2H3,(H,16,17). The predicted molar refractivity (Wildman–Crippen MR) is 73.2 cm³/mol. The quantitative estimate of drug-likeness (QED) is 0.788. The van der Waals surface area contributed by atoms with Gasteiger partial charge in [0.15, 0.2) is 5.82 Å². The number of nitrogens with one attached hydrogen (secondary N) is 1. The van der Waals surface area contributed by atoms with Crippen LogP contribution in [0.15, 0.2) is 34.9 Å². The van der Waals surface area contributed by atoms with Crippen LogP contribution in [0, 0.1) is 0 Å². The maximum atomic E-state index is 5.17. The van der Waals surface area contributed by atoms with E-state index in [0.29, 0.717) is 17.4 Å². The zero-order valence-electron chi connectivity index (χ0n) is 11.3. The molecule has 0 saturated carbocycles. The largest absolute Gasteiger partial charge is 0.497 e. The highest BCUT2D eigenvalue weighted by atomic mass is 16.5. The van der Waals surface area contributed by atoms with Gasteiger partial charge in [0.05, 0.1) is 12.8 Å². The molecule has 0 fully saturated rings. The maximum absolute atomic E-state index is 5.17. The van der Waals surface area contributed by atoms with Crippen LogP contribution in [0.2, 0.25) is 0 Å². The minimum absolute atomic E-state index is 0.453. The van der Waals surface area contributed by atoms with E-state index in [-0.39, 0.29) is 0 Å². The van der Waals surface area contributed by atoms with Crippen LogP contribution in [0.4, 0.5) is 0 Å². The molecule has 0 spiro atoms. The Morgan fingerprint density at radius 1 is 1.25 bits per heavy atom. The average Bonchev–Trinajstić information content (AvgIpc) is 3.16. The van der Waals surface area contributed by atoms with Gasteiger partial charge in [-0.2, -0.15) is 10.1 Å². The van der Waals surface area contributed by atoms with E-state index in [9.17, 15) is 0 Å². The van der Waals surface area contributed by atoms with E-state index in [4.69, 9.17) is 9.26 Å². The molecule has 0 aliphatic carbocycles. The third kappa shape index (κ3) is 2.27. The van der Waals surface area contributed by atoms with Gasteiger partial charge in [-0.1, -0.05) is 12.1 Å². The zero-order valence-corrected chi connectivity index (χ0v) is 11.3. The first-order valence-electron chi connectivity index (χ1n) is 6.33. The molecule has 0 aliphatic heterocycles. The molecule has 0 amide bonds. The lowest BCUT2D eigenvalue weighted by Gasteiger charge is -1.99. The lowest BCUT2D eigenvalue weighted by Crippen LogP contribution is -1.82. The first-order valence-corrected chi connectivity index (χ1v) is 6.33. The number of aryl methyl sites for hydroxylation is 1. The van der Waals surface area contributed by atoms with Crippen LogP contribution in [-0.4, -0.2) is 27.4 Å². The van der Waals surface area contributed by atoms with Crippen LogP contribution in [0.1, 0.15) is 12.7 Å². The van der Waals surface area contributed by atoms with Crippen molar-refractivity contribution in [3.8, 4) is 28.6 Å². The van der Waals surface area contributed by atoms with Crippen molar-refractivity contribution in [3.63, 3.8) is 0 Å². The second-order valence-electron chi connectivity index (χ2n) is 4.26. The first-order chi connectivity index (χ1) is 9.80. The molecule has 20 heavy (non-hydrogen) atoms. The molecule has 1 N–H and O–H groups in total. The van der Waals surface area contributed by atoms with Crippen LogP contribution in [0.5, 0.6) is 5.75 Å². The fraction of sp³-hybridized carbons (Fsp3) is 0.214. The minimum Gasteiger partial charge on any atom is -0.497 e. The summed E-state index contributed by atoms with van der Waals surface area (Å²) in [5, 5.41) is 11.0. The van der Waals surface area contributed by atoms with Gasteiger partial charge in [-0.15, -0.1) is 0 Å². The lowest BCUT2D eigenvalue weighted by molar-refractivity contribution is 0.415. The highest BCUT2D eigenvalue weighted by Crippen LogP contribution is 2.24. The number of hydrogen-bond acceptors (Lipinski definition) is 5. The van der Waals surface area contributed by atoms with Crippen molar-refractivity contribution in [3.05, 3.63) is 36.2 Å². The summed E-state index contributed by atoms with van der Waals surface area (Å²) in [6.45, 7) is 1.98. The number of ether oxygens (including phenoxy) is 1. The molecule has 6 nitrogen and oxygen atoms in total. The molecule has 0 radical (unpaired) electrons. The van der Waals surface area contributed by atoms with Gasteiger partial charge in [0.2, 0.25) is 0 Å². The number of rotatable bonds is 4. The predicted octanol–water partition coefficient (Wildman–Crippen LogP) is 2.70. The fourth-order valence-electron chi connectivity index (χ4n) is 1.85. The van der Waals surface area contributed by atoms with Gasteiger partial charge in [-0.25, -0.2) is 0 Å². The van der Waals surface area contributed by atoms with Crippen LogP contribution in [-0.2, 0) is 6.42 Å². The Morgan fingerprint density at radius 3 is 2.70 bits per heavy atom. The normalized spacial score (nSPS) is 10.7. The van der Waals surface area contributed by atoms with Crippen LogP contribution < -0.4 is 4.74 Å². The molecule has 102 valence electrons. The number of benzene rings is 1. The Labute approximate surface area is 115 Å². The molecule has 3 rings (SSSR count). The van der Waals surface area contributed by atoms with Gasteiger partial charge in [0, 0.05) is 12.0 Å². The maximum Gasteiger partial charge on any atom is 0.275 e. The molecule has 6 heteroatoms. The summed E-state index contributed by atoms with van der Waals surface area (Å²) >= 11 is 0. The SMILES string of the molecule is CCc1noc(-c2cc(-c3ccc(OC)cc3)n[nH]2)n1. The summed E-state index contributed by atoms with van der Waals surface area (Å²) in [7, 11) is 1.64. The lowest BCUT2D eigenvalue weighted by atomic mass is 10.1. The topological polar surface area (TPSA) is 76.8 Å². The molecule has 2 aromatic heterocycles. The van der Waals surface area contributed by atoms with Crippen molar-refractivity contribution in [2.45, 2.75) is 13.3 Å². The number of nitrogens with zero attached hydrogens (tertiary/aromatic N) is 3. The van der Waals surface area contributed by atoms with Gasteiger partial charge in [0.1, 0.15) is 11.4 Å².